The fraction of sp³-hybridized carbons (Fsp3) is 0.269. The molecule has 166 valence electrons. The molecular formula is C26H29N3O2S. The first-order valence-electron chi connectivity index (χ1n) is 11.0. The van der Waals surface area contributed by atoms with Crippen LogP contribution in [-0.2, 0) is 29.4 Å². The van der Waals surface area contributed by atoms with Crippen LogP contribution in [0.1, 0.15) is 36.7 Å². The zero-order valence-electron chi connectivity index (χ0n) is 18.5. The van der Waals surface area contributed by atoms with Crippen molar-refractivity contribution in [1.29, 1.82) is 0 Å². The predicted octanol–water partition coefficient (Wildman–Crippen LogP) is 4.92. The van der Waals surface area contributed by atoms with Crippen molar-refractivity contribution in [3.05, 3.63) is 95.8 Å². The average molecular weight is 448 g/mol. The molecule has 0 aliphatic heterocycles. The van der Waals surface area contributed by atoms with Gasteiger partial charge in [-0.3, -0.25) is 0 Å². The molecule has 0 saturated carbocycles. The monoisotopic (exact) mass is 447 g/mol. The second-order valence-electron chi connectivity index (χ2n) is 8.28. The second-order valence-corrected chi connectivity index (χ2v) is 10.0. The number of aromatic nitrogens is 2. The molecule has 0 atom stereocenters. The molecule has 3 aromatic carbocycles. The molecule has 1 N–H and O–H groups in total. The SMILES string of the molecule is CC(C)c1ccc(S(=O)(=O)NCCn2c(CCc3ccccc3)nc3ccccc32)cc1. The van der Waals surface area contributed by atoms with Crippen LogP contribution in [0.15, 0.2) is 83.8 Å². The van der Waals surface area contributed by atoms with E-state index in [1.165, 1.54) is 5.56 Å². The van der Waals surface area contributed by atoms with Gasteiger partial charge in [-0.2, -0.15) is 0 Å². The third-order valence-electron chi connectivity index (χ3n) is 5.70. The van der Waals surface area contributed by atoms with Gasteiger partial charge in [0.25, 0.3) is 0 Å². The molecule has 0 saturated heterocycles. The minimum absolute atomic E-state index is 0.293. The lowest BCUT2D eigenvalue weighted by Gasteiger charge is -2.12. The Morgan fingerprint density at radius 3 is 2.28 bits per heavy atom. The van der Waals surface area contributed by atoms with Gasteiger partial charge in [-0.25, -0.2) is 18.1 Å². The first-order valence-corrected chi connectivity index (χ1v) is 12.5. The van der Waals surface area contributed by atoms with Crippen LogP contribution in [0.4, 0.5) is 0 Å². The molecule has 4 aromatic rings. The molecule has 0 aliphatic carbocycles. The van der Waals surface area contributed by atoms with Crippen molar-refractivity contribution in [3.8, 4) is 0 Å². The maximum atomic E-state index is 12.8. The smallest absolute Gasteiger partial charge is 0.240 e. The third-order valence-corrected chi connectivity index (χ3v) is 7.18. The molecule has 32 heavy (non-hydrogen) atoms. The van der Waals surface area contributed by atoms with E-state index in [0.29, 0.717) is 23.9 Å². The molecule has 0 bridgehead atoms. The van der Waals surface area contributed by atoms with E-state index >= 15 is 0 Å². The topological polar surface area (TPSA) is 64.0 Å². The van der Waals surface area contributed by atoms with E-state index in [9.17, 15) is 8.42 Å². The lowest BCUT2D eigenvalue weighted by atomic mass is 10.0. The number of hydrogen-bond donors (Lipinski definition) is 1. The summed E-state index contributed by atoms with van der Waals surface area (Å²) in [4.78, 5) is 5.11. The highest BCUT2D eigenvalue weighted by atomic mass is 32.2. The predicted molar refractivity (Wildman–Crippen MR) is 129 cm³/mol. The number of nitrogens with one attached hydrogen (secondary N) is 1. The van der Waals surface area contributed by atoms with Crippen molar-refractivity contribution in [2.75, 3.05) is 6.54 Å². The maximum absolute atomic E-state index is 12.8. The number of sulfonamides is 1. The summed E-state index contributed by atoms with van der Waals surface area (Å²) in [6, 6.07) is 25.4. The fourth-order valence-electron chi connectivity index (χ4n) is 3.87. The van der Waals surface area contributed by atoms with Gasteiger partial charge in [0.1, 0.15) is 5.82 Å². The third kappa shape index (κ3) is 5.09. The number of imidazole rings is 1. The molecule has 5 nitrogen and oxygen atoms in total. The molecule has 1 aromatic heterocycles. The van der Waals surface area contributed by atoms with E-state index in [-0.39, 0.29) is 0 Å². The summed E-state index contributed by atoms with van der Waals surface area (Å²) < 4.78 is 30.4. The number of hydrogen-bond acceptors (Lipinski definition) is 3. The largest absolute Gasteiger partial charge is 0.327 e. The number of nitrogens with zero attached hydrogens (tertiary/aromatic N) is 2. The Labute approximate surface area is 190 Å². The molecule has 4 rings (SSSR count). The molecule has 0 aliphatic rings. The minimum atomic E-state index is -3.56. The van der Waals surface area contributed by atoms with Crippen LogP contribution in [0, 0.1) is 0 Å². The van der Waals surface area contributed by atoms with Crippen LogP contribution in [0.25, 0.3) is 11.0 Å². The quantitative estimate of drug-likeness (QED) is 0.396. The van der Waals surface area contributed by atoms with E-state index in [2.05, 4.69) is 35.3 Å². The van der Waals surface area contributed by atoms with Crippen LogP contribution >= 0.6 is 0 Å². The lowest BCUT2D eigenvalue weighted by Crippen LogP contribution is -2.28. The number of fused-ring (bicyclic) bond motifs is 1. The van der Waals surface area contributed by atoms with Crippen molar-refractivity contribution in [2.24, 2.45) is 0 Å². The highest BCUT2D eigenvalue weighted by Gasteiger charge is 2.15. The van der Waals surface area contributed by atoms with E-state index < -0.39 is 10.0 Å². The van der Waals surface area contributed by atoms with E-state index in [4.69, 9.17) is 4.98 Å². The van der Waals surface area contributed by atoms with Gasteiger partial charge < -0.3 is 4.57 Å². The lowest BCUT2D eigenvalue weighted by molar-refractivity contribution is 0.571. The van der Waals surface area contributed by atoms with E-state index in [1.807, 2.05) is 54.6 Å². The molecule has 0 fully saturated rings. The van der Waals surface area contributed by atoms with Gasteiger partial charge in [-0.15, -0.1) is 0 Å². The van der Waals surface area contributed by atoms with Crippen LogP contribution in [0.2, 0.25) is 0 Å². The standard InChI is InChI=1S/C26H29N3O2S/c1-20(2)22-13-15-23(16-14-22)32(30,31)27-18-19-29-25-11-7-6-10-24(25)28-26(29)17-12-21-8-4-3-5-9-21/h3-11,13-16,20,27H,12,17-19H2,1-2H3. The number of aryl methyl sites for hydroxylation is 2. The summed E-state index contributed by atoms with van der Waals surface area (Å²) in [5, 5.41) is 0. The van der Waals surface area contributed by atoms with Gasteiger partial charge in [0.05, 0.1) is 15.9 Å². The number of para-hydroxylation sites is 2. The van der Waals surface area contributed by atoms with Crippen molar-refractivity contribution < 1.29 is 8.42 Å². The fourth-order valence-corrected chi connectivity index (χ4v) is 4.89. The molecule has 1 heterocycles. The van der Waals surface area contributed by atoms with Gasteiger partial charge >= 0.3 is 0 Å². The van der Waals surface area contributed by atoms with Crippen molar-refractivity contribution in [2.45, 2.75) is 44.0 Å². The molecule has 0 spiro atoms. The maximum Gasteiger partial charge on any atom is 0.240 e. The first-order chi connectivity index (χ1) is 15.4. The number of benzene rings is 3. The van der Waals surface area contributed by atoms with Gasteiger partial charge in [0.2, 0.25) is 10.0 Å². The summed E-state index contributed by atoms with van der Waals surface area (Å²) in [5.41, 5.74) is 4.34. The zero-order valence-corrected chi connectivity index (χ0v) is 19.3. The van der Waals surface area contributed by atoms with Gasteiger partial charge in [0.15, 0.2) is 0 Å². The Kier molecular flexibility index (Phi) is 6.72. The highest BCUT2D eigenvalue weighted by Crippen LogP contribution is 2.19. The minimum Gasteiger partial charge on any atom is -0.327 e. The Morgan fingerprint density at radius 2 is 1.56 bits per heavy atom. The van der Waals surface area contributed by atoms with Crippen LogP contribution < -0.4 is 4.72 Å². The average Bonchev–Trinajstić information content (AvgIpc) is 3.16. The van der Waals surface area contributed by atoms with E-state index in [0.717, 1.165) is 35.3 Å². The van der Waals surface area contributed by atoms with Crippen LogP contribution in [-0.4, -0.2) is 24.5 Å². The number of rotatable bonds is 9. The summed E-state index contributed by atoms with van der Waals surface area (Å²) >= 11 is 0. The van der Waals surface area contributed by atoms with Gasteiger partial charge in [-0.1, -0.05) is 68.4 Å². The highest BCUT2D eigenvalue weighted by molar-refractivity contribution is 7.89. The summed E-state index contributed by atoms with van der Waals surface area (Å²) in [6.45, 7) is 5.00. The zero-order chi connectivity index (χ0) is 22.6. The Morgan fingerprint density at radius 1 is 0.875 bits per heavy atom. The van der Waals surface area contributed by atoms with Crippen molar-refractivity contribution in [3.63, 3.8) is 0 Å². The molecule has 0 unspecified atom stereocenters. The Balaban J connectivity index is 1.48. The molecule has 6 heteroatoms. The Hall–Kier alpha value is -2.96. The summed E-state index contributed by atoms with van der Waals surface area (Å²) in [5.74, 6) is 1.33. The second kappa shape index (κ2) is 9.67. The van der Waals surface area contributed by atoms with Crippen molar-refractivity contribution >= 4 is 21.1 Å². The van der Waals surface area contributed by atoms with Gasteiger partial charge in [0, 0.05) is 19.5 Å². The molecule has 0 amide bonds. The summed E-state index contributed by atoms with van der Waals surface area (Å²) in [7, 11) is -3.56. The molecular weight excluding hydrogens is 418 g/mol. The van der Waals surface area contributed by atoms with Crippen LogP contribution in [0.3, 0.4) is 0 Å². The van der Waals surface area contributed by atoms with Crippen molar-refractivity contribution in [1.82, 2.24) is 14.3 Å². The summed E-state index contributed by atoms with van der Waals surface area (Å²) in [6.07, 6.45) is 1.68. The molecule has 0 radical (unpaired) electrons. The van der Waals surface area contributed by atoms with E-state index in [1.54, 1.807) is 12.1 Å². The first kappa shape index (κ1) is 22.2. The van der Waals surface area contributed by atoms with Crippen LogP contribution in [0.5, 0.6) is 0 Å². The normalized spacial score (nSPS) is 12.0. The van der Waals surface area contributed by atoms with Gasteiger partial charge in [-0.05, 0) is 47.7 Å². The Bertz CT molecular complexity index is 1280.